The average Bonchev–Trinajstić information content (AvgIpc) is 2.39. The topological polar surface area (TPSA) is 20.3 Å². The van der Waals surface area contributed by atoms with Crippen LogP contribution >= 0.6 is 11.8 Å². The molecule has 0 aliphatic carbocycles. The molecule has 0 radical (unpaired) electrons. The molecule has 0 saturated carbocycles. The van der Waals surface area contributed by atoms with Gasteiger partial charge in [-0.25, -0.2) is 4.39 Å². The molecule has 0 aliphatic heterocycles. The van der Waals surface area contributed by atoms with E-state index in [4.69, 9.17) is 0 Å². The molecule has 1 amide bonds. The smallest absolute Gasteiger partial charge is 0.223 e. The van der Waals surface area contributed by atoms with Gasteiger partial charge in [0.05, 0.1) is 0 Å². The number of rotatable bonds is 6. The Bertz CT molecular complexity index is 397. The van der Waals surface area contributed by atoms with Crippen LogP contribution in [-0.2, 0) is 4.79 Å². The van der Waals surface area contributed by atoms with Crippen LogP contribution in [0, 0.1) is 5.82 Å². The normalized spacial score (nSPS) is 12.2. The van der Waals surface area contributed by atoms with Crippen LogP contribution in [0.5, 0.6) is 0 Å². The van der Waals surface area contributed by atoms with Gasteiger partial charge in [-0.3, -0.25) is 4.79 Å². The highest BCUT2D eigenvalue weighted by Crippen LogP contribution is 2.22. The molecule has 0 aromatic heterocycles. The van der Waals surface area contributed by atoms with E-state index >= 15 is 0 Å². The van der Waals surface area contributed by atoms with E-state index in [1.165, 1.54) is 17.8 Å². The van der Waals surface area contributed by atoms with E-state index in [1.807, 2.05) is 14.0 Å². The van der Waals surface area contributed by atoms with E-state index in [2.05, 4.69) is 6.92 Å². The summed E-state index contributed by atoms with van der Waals surface area (Å²) < 4.78 is 13.3. The van der Waals surface area contributed by atoms with Gasteiger partial charge in [0.2, 0.25) is 5.91 Å². The summed E-state index contributed by atoms with van der Waals surface area (Å²) in [7, 11) is 1.82. The zero-order valence-corrected chi connectivity index (χ0v) is 12.0. The highest BCUT2D eigenvalue weighted by Gasteiger charge is 2.13. The van der Waals surface area contributed by atoms with E-state index in [-0.39, 0.29) is 17.8 Å². The maximum absolute atomic E-state index is 13.3. The van der Waals surface area contributed by atoms with Gasteiger partial charge in [-0.05, 0) is 25.5 Å². The number of carbonyl (C=O) groups excluding carboxylic acids is 1. The minimum atomic E-state index is -0.217. The molecule has 2 nitrogen and oxygen atoms in total. The minimum Gasteiger partial charge on any atom is -0.343 e. The lowest BCUT2D eigenvalue weighted by molar-refractivity contribution is -0.131. The molecular formula is C14H20FNOS. The molecule has 0 fully saturated rings. The Balaban J connectivity index is 2.38. The zero-order valence-electron chi connectivity index (χ0n) is 11.1. The predicted octanol–water partition coefficient (Wildman–Crippen LogP) is 3.56. The Morgan fingerprint density at radius 1 is 1.44 bits per heavy atom. The summed E-state index contributed by atoms with van der Waals surface area (Å²) in [6.07, 6.45) is 1.39. The van der Waals surface area contributed by atoms with Crippen LogP contribution in [0.3, 0.4) is 0 Å². The van der Waals surface area contributed by atoms with Crippen LogP contribution in [0.2, 0.25) is 0 Å². The molecule has 1 aromatic rings. The number of amides is 1. The summed E-state index contributed by atoms with van der Waals surface area (Å²) in [4.78, 5) is 14.2. The van der Waals surface area contributed by atoms with Crippen molar-refractivity contribution in [3.05, 3.63) is 30.1 Å². The van der Waals surface area contributed by atoms with Gasteiger partial charge in [0.15, 0.2) is 0 Å². The molecule has 1 atom stereocenters. The SMILES string of the molecule is CCC(C)N(C)C(=O)CCSc1ccccc1F. The van der Waals surface area contributed by atoms with Crippen molar-refractivity contribution < 1.29 is 9.18 Å². The molecule has 4 heteroatoms. The third kappa shape index (κ3) is 4.33. The van der Waals surface area contributed by atoms with Gasteiger partial charge in [0.1, 0.15) is 5.82 Å². The summed E-state index contributed by atoms with van der Waals surface area (Å²) in [5.74, 6) is 0.513. The first-order chi connectivity index (χ1) is 8.56. The van der Waals surface area contributed by atoms with Gasteiger partial charge in [-0.15, -0.1) is 11.8 Å². The van der Waals surface area contributed by atoms with Crippen LogP contribution in [0.15, 0.2) is 29.2 Å². The van der Waals surface area contributed by atoms with E-state index in [0.717, 1.165) is 6.42 Å². The molecule has 0 heterocycles. The summed E-state index contributed by atoms with van der Waals surface area (Å²) in [5, 5.41) is 0. The quantitative estimate of drug-likeness (QED) is 0.736. The first kappa shape index (κ1) is 15.0. The number of thioether (sulfide) groups is 1. The number of hydrogen-bond acceptors (Lipinski definition) is 2. The third-order valence-electron chi connectivity index (χ3n) is 3.06. The second-order valence-corrected chi connectivity index (χ2v) is 5.43. The Morgan fingerprint density at radius 3 is 2.72 bits per heavy atom. The van der Waals surface area contributed by atoms with E-state index < -0.39 is 0 Å². The van der Waals surface area contributed by atoms with Crippen LogP contribution in [0.4, 0.5) is 4.39 Å². The highest BCUT2D eigenvalue weighted by molar-refractivity contribution is 7.99. The average molecular weight is 269 g/mol. The fraction of sp³-hybridized carbons (Fsp3) is 0.500. The lowest BCUT2D eigenvalue weighted by Gasteiger charge is -2.23. The Labute approximate surface area is 113 Å². The van der Waals surface area contributed by atoms with Crippen LogP contribution < -0.4 is 0 Å². The van der Waals surface area contributed by atoms with Gasteiger partial charge < -0.3 is 4.90 Å². The molecule has 0 N–H and O–H groups in total. The summed E-state index contributed by atoms with van der Waals surface area (Å²) >= 11 is 1.39. The minimum absolute atomic E-state index is 0.119. The van der Waals surface area contributed by atoms with Crippen LogP contribution in [-0.4, -0.2) is 29.6 Å². The highest BCUT2D eigenvalue weighted by atomic mass is 32.2. The first-order valence-electron chi connectivity index (χ1n) is 6.19. The Morgan fingerprint density at radius 2 is 2.11 bits per heavy atom. The van der Waals surface area contributed by atoms with Crippen molar-refractivity contribution in [2.75, 3.05) is 12.8 Å². The number of carbonyl (C=O) groups is 1. The number of hydrogen-bond donors (Lipinski definition) is 0. The van der Waals surface area contributed by atoms with E-state index in [9.17, 15) is 9.18 Å². The van der Waals surface area contributed by atoms with Gasteiger partial charge in [0.25, 0.3) is 0 Å². The summed E-state index contributed by atoms with van der Waals surface area (Å²) in [6, 6.07) is 6.91. The van der Waals surface area contributed by atoms with Crippen LogP contribution in [0.1, 0.15) is 26.7 Å². The fourth-order valence-electron chi connectivity index (χ4n) is 1.51. The Kier molecular flexibility index (Phi) is 6.19. The molecule has 1 aromatic carbocycles. The second-order valence-electron chi connectivity index (χ2n) is 4.29. The van der Waals surface area contributed by atoms with Crippen molar-refractivity contribution in [1.82, 2.24) is 4.90 Å². The molecule has 0 spiro atoms. The van der Waals surface area contributed by atoms with E-state index in [1.54, 1.807) is 23.1 Å². The molecule has 1 rings (SSSR count). The second kappa shape index (κ2) is 7.41. The van der Waals surface area contributed by atoms with Crippen molar-refractivity contribution in [3.8, 4) is 0 Å². The summed E-state index contributed by atoms with van der Waals surface area (Å²) in [5.41, 5.74) is 0. The van der Waals surface area contributed by atoms with Crippen molar-refractivity contribution in [2.24, 2.45) is 0 Å². The van der Waals surface area contributed by atoms with Gasteiger partial charge >= 0.3 is 0 Å². The number of halogens is 1. The molecule has 0 bridgehead atoms. The maximum Gasteiger partial charge on any atom is 0.223 e. The monoisotopic (exact) mass is 269 g/mol. The molecule has 100 valence electrons. The van der Waals surface area contributed by atoms with Crippen molar-refractivity contribution in [1.29, 1.82) is 0 Å². The zero-order chi connectivity index (χ0) is 13.5. The molecule has 18 heavy (non-hydrogen) atoms. The molecule has 1 unspecified atom stereocenters. The Hall–Kier alpha value is -1.03. The van der Waals surface area contributed by atoms with Gasteiger partial charge in [-0.2, -0.15) is 0 Å². The van der Waals surface area contributed by atoms with Gasteiger partial charge in [-0.1, -0.05) is 19.1 Å². The van der Waals surface area contributed by atoms with Crippen LogP contribution in [0.25, 0.3) is 0 Å². The lowest BCUT2D eigenvalue weighted by atomic mass is 10.2. The molecule has 0 aliphatic rings. The number of nitrogens with zero attached hydrogens (tertiary/aromatic N) is 1. The van der Waals surface area contributed by atoms with Crippen molar-refractivity contribution in [3.63, 3.8) is 0 Å². The third-order valence-corrected chi connectivity index (χ3v) is 4.11. The first-order valence-corrected chi connectivity index (χ1v) is 7.17. The number of benzene rings is 1. The molecule has 0 saturated heterocycles. The standard InChI is InChI=1S/C14H20FNOS/c1-4-11(2)16(3)14(17)9-10-18-13-8-6-5-7-12(13)15/h5-8,11H,4,9-10H2,1-3H3. The largest absolute Gasteiger partial charge is 0.343 e. The molecular weight excluding hydrogens is 249 g/mol. The lowest BCUT2D eigenvalue weighted by Crippen LogP contribution is -2.34. The van der Waals surface area contributed by atoms with E-state index in [0.29, 0.717) is 17.1 Å². The van der Waals surface area contributed by atoms with Crippen molar-refractivity contribution in [2.45, 2.75) is 37.6 Å². The predicted molar refractivity (Wildman–Crippen MR) is 74.3 cm³/mol. The fourth-order valence-corrected chi connectivity index (χ4v) is 2.38. The summed E-state index contributed by atoms with van der Waals surface area (Å²) in [6.45, 7) is 4.09. The van der Waals surface area contributed by atoms with Gasteiger partial charge in [0, 0.05) is 30.2 Å². The maximum atomic E-state index is 13.3. The van der Waals surface area contributed by atoms with Crippen molar-refractivity contribution >= 4 is 17.7 Å².